The van der Waals surface area contributed by atoms with Crippen molar-refractivity contribution in [2.75, 3.05) is 4.72 Å². The topological polar surface area (TPSA) is 87.7 Å². The first-order valence-corrected chi connectivity index (χ1v) is 6.70. The van der Waals surface area contributed by atoms with Gasteiger partial charge in [-0.2, -0.15) is 10.1 Å². The maximum atomic E-state index is 13.5. The number of halogens is 3. The fraction of sp³-hybridized carbons (Fsp3) is 0. The van der Waals surface area contributed by atoms with Crippen molar-refractivity contribution in [1.82, 2.24) is 15.2 Å². The average molecular weight is 339 g/mol. The van der Waals surface area contributed by atoms with Gasteiger partial charge in [0.05, 0.1) is 0 Å². The van der Waals surface area contributed by atoms with Gasteiger partial charge in [-0.15, -0.1) is 0 Å². The summed E-state index contributed by atoms with van der Waals surface area (Å²) in [4.78, 5) is 2.83. The van der Waals surface area contributed by atoms with Gasteiger partial charge in [0.2, 0.25) is 5.95 Å². The molecule has 0 unspecified atom stereocenters. The molecule has 0 amide bonds. The smallest absolute Gasteiger partial charge is 0.247 e. The maximum Gasteiger partial charge on any atom is 0.268 e. The Kier molecular flexibility index (Phi) is 3.30. The average Bonchev–Trinajstić information content (AvgIpc) is 2.66. The molecule has 1 heterocycles. The van der Waals surface area contributed by atoms with Crippen LogP contribution in [0.3, 0.4) is 0 Å². The van der Waals surface area contributed by atoms with E-state index in [1.165, 1.54) is 0 Å². The highest BCUT2D eigenvalue weighted by atomic mass is 79.9. The van der Waals surface area contributed by atoms with Gasteiger partial charge in [-0.3, -0.25) is 0 Å². The monoisotopic (exact) mass is 338 g/mol. The van der Waals surface area contributed by atoms with E-state index in [9.17, 15) is 17.2 Å². The highest BCUT2D eigenvalue weighted by molar-refractivity contribution is 9.10. The lowest BCUT2D eigenvalue weighted by atomic mass is 10.3. The Morgan fingerprint density at radius 3 is 2.61 bits per heavy atom. The molecule has 0 saturated carbocycles. The molecule has 1 aromatic carbocycles. The third-order valence-electron chi connectivity index (χ3n) is 1.88. The summed E-state index contributed by atoms with van der Waals surface area (Å²) < 4.78 is 51.8. The van der Waals surface area contributed by atoms with Crippen LogP contribution in [0.4, 0.5) is 14.7 Å². The van der Waals surface area contributed by atoms with Crippen molar-refractivity contribution in [3.63, 3.8) is 0 Å². The molecule has 0 radical (unpaired) electrons. The molecule has 2 N–H and O–H groups in total. The molecular weight excluding hydrogens is 334 g/mol. The first-order valence-electron chi connectivity index (χ1n) is 4.43. The zero-order valence-corrected chi connectivity index (χ0v) is 10.9. The van der Waals surface area contributed by atoms with Crippen molar-refractivity contribution >= 4 is 31.9 Å². The molecule has 6 nitrogen and oxygen atoms in total. The molecule has 0 aliphatic carbocycles. The van der Waals surface area contributed by atoms with E-state index in [4.69, 9.17) is 0 Å². The van der Waals surface area contributed by atoms with Gasteiger partial charge in [0.1, 0.15) is 22.9 Å². The van der Waals surface area contributed by atoms with E-state index in [1.807, 2.05) is 4.72 Å². The summed E-state index contributed by atoms with van der Waals surface area (Å²) in [5.41, 5.74) is 0. The second kappa shape index (κ2) is 4.61. The minimum Gasteiger partial charge on any atom is -0.247 e. The Balaban J connectivity index is 2.48. The number of aromatic amines is 1. The fourth-order valence-electron chi connectivity index (χ4n) is 1.22. The predicted molar refractivity (Wildman–Crippen MR) is 61.2 cm³/mol. The molecule has 0 aliphatic rings. The van der Waals surface area contributed by atoms with Gasteiger partial charge in [0, 0.05) is 10.5 Å². The molecule has 96 valence electrons. The van der Waals surface area contributed by atoms with Crippen LogP contribution in [-0.2, 0) is 10.0 Å². The lowest BCUT2D eigenvalue weighted by molar-refractivity contribution is 0.548. The van der Waals surface area contributed by atoms with Gasteiger partial charge in [-0.25, -0.2) is 27.0 Å². The van der Waals surface area contributed by atoms with Crippen molar-refractivity contribution in [3.8, 4) is 0 Å². The number of benzene rings is 1. The molecule has 0 saturated heterocycles. The van der Waals surface area contributed by atoms with E-state index >= 15 is 0 Å². The quantitative estimate of drug-likeness (QED) is 0.890. The van der Waals surface area contributed by atoms with E-state index in [0.29, 0.717) is 6.07 Å². The first-order chi connectivity index (χ1) is 8.40. The summed E-state index contributed by atoms with van der Waals surface area (Å²) in [6.07, 6.45) is 1.08. The number of H-pyrrole nitrogens is 1. The minimum absolute atomic E-state index is 0.175. The van der Waals surface area contributed by atoms with E-state index in [-0.39, 0.29) is 10.4 Å². The van der Waals surface area contributed by atoms with Crippen LogP contribution in [0.2, 0.25) is 0 Å². The van der Waals surface area contributed by atoms with Crippen molar-refractivity contribution < 1.29 is 17.2 Å². The Labute approximate surface area is 109 Å². The van der Waals surface area contributed by atoms with Crippen LogP contribution in [0.1, 0.15) is 0 Å². The number of sulfonamides is 1. The summed E-state index contributed by atoms with van der Waals surface area (Å²) in [5.74, 6) is -2.28. The van der Waals surface area contributed by atoms with E-state index in [0.717, 1.165) is 12.4 Å². The molecule has 1 aromatic heterocycles. The number of nitrogens with one attached hydrogen (secondary N) is 2. The molecule has 0 atom stereocenters. The van der Waals surface area contributed by atoms with Crippen LogP contribution >= 0.6 is 15.9 Å². The molecule has 0 fully saturated rings. The molecule has 2 rings (SSSR count). The van der Waals surface area contributed by atoms with Crippen molar-refractivity contribution in [3.05, 3.63) is 34.6 Å². The zero-order chi connectivity index (χ0) is 13.3. The van der Waals surface area contributed by atoms with Crippen LogP contribution in [0.15, 0.2) is 27.8 Å². The molecule has 0 aliphatic heterocycles. The number of rotatable bonds is 3. The summed E-state index contributed by atoms with van der Waals surface area (Å²) >= 11 is 2.79. The third kappa shape index (κ3) is 2.48. The van der Waals surface area contributed by atoms with E-state index in [2.05, 4.69) is 31.1 Å². The molecule has 18 heavy (non-hydrogen) atoms. The lowest BCUT2D eigenvalue weighted by Crippen LogP contribution is -2.16. The Bertz CT molecular complexity index is 651. The van der Waals surface area contributed by atoms with Crippen molar-refractivity contribution in [2.45, 2.75) is 4.90 Å². The Hall–Kier alpha value is -1.55. The van der Waals surface area contributed by atoms with E-state index < -0.39 is 26.6 Å². The summed E-state index contributed by atoms with van der Waals surface area (Å²) in [6, 6.07) is 1.32. The van der Waals surface area contributed by atoms with Crippen LogP contribution in [0.5, 0.6) is 0 Å². The normalized spacial score (nSPS) is 11.5. The van der Waals surface area contributed by atoms with Crippen LogP contribution in [-0.4, -0.2) is 23.6 Å². The molecule has 0 spiro atoms. The van der Waals surface area contributed by atoms with Gasteiger partial charge in [0.25, 0.3) is 10.0 Å². The van der Waals surface area contributed by atoms with Crippen LogP contribution < -0.4 is 4.72 Å². The van der Waals surface area contributed by atoms with Gasteiger partial charge < -0.3 is 0 Å². The number of aromatic nitrogens is 3. The van der Waals surface area contributed by atoms with Crippen LogP contribution in [0.25, 0.3) is 0 Å². The second-order valence-corrected chi connectivity index (χ2v) is 5.61. The van der Waals surface area contributed by atoms with Crippen molar-refractivity contribution in [2.24, 2.45) is 0 Å². The summed E-state index contributed by atoms with van der Waals surface area (Å²) in [6.45, 7) is 0. The molecule has 0 bridgehead atoms. The third-order valence-corrected chi connectivity index (χ3v) is 4.18. The minimum atomic E-state index is -4.23. The van der Waals surface area contributed by atoms with Gasteiger partial charge in [0.15, 0.2) is 0 Å². The highest BCUT2D eigenvalue weighted by Gasteiger charge is 2.24. The maximum absolute atomic E-state index is 13.5. The molecular formula is C8H5BrF2N4O2S. The Morgan fingerprint density at radius 2 is 2.06 bits per heavy atom. The SMILES string of the molecule is O=S(=O)(Nc1ncn[nH]1)c1c(F)cc(F)cc1Br. The summed E-state index contributed by atoms with van der Waals surface area (Å²) in [7, 11) is -4.23. The zero-order valence-electron chi connectivity index (χ0n) is 8.49. The van der Waals surface area contributed by atoms with E-state index in [1.54, 1.807) is 0 Å². The predicted octanol–water partition coefficient (Wildman–Crippen LogP) is 1.65. The van der Waals surface area contributed by atoms with Crippen LogP contribution in [0, 0.1) is 11.6 Å². The molecule has 2 aromatic rings. The van der Waals surface area contributed by atoms with Gasteiger partial charge in [-0.05, 0) is 22.0 Å². The lowest BCUT2D eigenvalue weighted by Gasteiger charge is -2.08. The highest BCUT2D eigenvalue weighted by Crippen LogP contribution is 2.27. The number of hydrogen-bond donors (Lipinski definition) is 2. The summed E-state index contributed by atoms with van der Waals surface area (Å²) in [5, 5.41) is 5.68. The fourth-order valence-corrected chi connectivity index (χ4v) is 3.35. The van der Waals surface area contributed by atoms with Gasteiger partial charge in [-0.1, -0.05) is 0 Å². The second-order valence-electron chi connectivity index (χ2n) is 3.14. The number of hydrogen-bond acceptors (Lipinski definition) is 4. The van der Waals surface area contributed by atoms with Gasteiger partial charge >= 0.3 is 0 Å². The first kappa shape index (κ1) is 12.9. The standard InChI is InChI=1S/C8H5BrF2N4O2S/c9-5-1-4(10)2-6(11)7(5)18(16,17)15-8-12-3-13-14-8/h1-3H,(H2,12,13,14,15). The van der Waals surface area contributed by atoms with Crippen molar-refractivity contribution in [1.29, 1.82) is 0 Å². The number of nitrogens with zero attached hydrogens (tertiary/aromatic N) is 2. The Morgan fingerprint density at radius 1 is 1.33 bits per heavy atom. The largest absolute Gasteiger partial charge is 0.268 e. The number of anilines is 1. The molecule has 10 heteroatoms.